The maximum absolute atomic E-state index is 6.25. The highest BCUT2D eigenvalue weighted by Crippen LogP contribution is 2.34. The highest BCUT2D eigenvalue weighted by atomic mass is 32.1. The minimum absolute atomic E-state index is 0.158. The summed E-state index contributed by atoms with van der Waals surface area (Å²) >= 11 is 3.24. The van der Waals surface area contributed by atoms with Crippen LogP contribution in [0.2, 0.25) is 0 Å². The second kappa shape index (κ2) is 5.75. The number of aromatic nitrogens is 1. The van der Waals surface area contributed by atoms with E-state index in [-0.39, 0.29) is 6.04 Å². The Morgan fingerprint density at radius 2 is 2.00 bits per heavy atom. The fourth-order valence-corrected chi connectivity index (χ4v) is 3.61. The average molecular weight is 302 g/mol. The van der Waals surface area contributed by atoms with Crippen molar-refractivity contribution in [1.29, 1.82) is 0 Å². The zero-order valence-corrected chi connectivity index (χ0v) is 12.6. The molecule has 0 saturated heterocycles. The number of ether oxygens (including phenoxy) is 1. The van der Waals surface area contributed by atoms with Gasteiger partial charge in [0.15, 0.2) is 0 Å². The molecule has 3 aromatic rings. The fourth-order valence-electron chi connectivity index (χ4n) is 1.99. The molecule has 3 rings (SSSR count). The number of hydrogen-bond acceptors (Lipinski definition) is 5. The predicted octanol–water partition coefficient (Wildman–Crippen LogP) is 3.93. The van der Waals surface area contributed by atoms with E-state index in [9.17, 15) is 0 Å². The lowest BCUT2D eigenvalue weighted by molar-refractivity contribution is 0.416. The maximum atomic E-state index is 6.25. The van der Waals surface area contributed by atoms with E-state index in [1.807, 2.05) is 47.2 Å². The molecule has 0 spiro atoms. The smallest absolute Gasteiger partial charge is 0.129 e. The van der Waals surface area contributed by atoms with E-state index in [1.54, 1.807) is 29.8 Å². The van der Waals surface area contributed by atoms with Crippen LogP contribution >= 0.6 is 22.7 Å². The lowest BCUT2D eigenvalue weighted by atomic mass is 10.2. The molecule has 2 aromatic heterocycles. The van der Waals surface area contributed by atoms with E-state index in [2.05, 4.69) is 4.98 Å². The van der Waals surface area contributed by atoms with Crippen LogP contribution in [0.1, 0.15) is 16.6 Å². The van der Waals surface area contributed by atoms with Gasteiger partial charge in [-0.3, -0.25) is 0 Å². The quantitative estimate of drug-likeness (QED) is 0.794. The van der Waals surface area contributed by atoms with E-state index in [0.29, 0.717) is 0 Å². The highest BCUT2D eigenvalue weighted by molar-refractivity contribution is 7.13. The van der Waals surface area contributed by atoms with Crippen LogP contribution < -0.4 is 10.5 Å². The second-order valence-electron chi connectivity index (χ2n) is 4.27. The molecule has 0 aliphatic carbocycles. The van der Waals surface area contributed by atoms with Crippen molar-refractivity contribution in [2.24, 2.45) is 5.73 Å². The van der Waals surface area contributed by atoms with E-state index in [1.165, 1.54) is 0 Å². The van der Waals surface area contributed by atoms with Crippen LogP contribution in [0.25, 0.3) is 10.6 Å². The van der Waals surface area contributed by atoms with Crippen molar-refractivity contribution < 1.29 is 4.74 Å². The molecular weight excluding hydrogens is 288 g/mol. The number of thiazole rings is 1. The molecule has 3 nitrogen and oxygen atoms in total. The monoisotopic (exact) mass is 302 g/mol. The third-order valence-electron chi connectivity index (χ3n) is 3.03. The van der Waals surface area contributed by atoms with Crippen LogP contribution in [0.4, 0.5) is 0 Å². The number of methoxy groups -OCH3 is 1. The van der Waals surface area contributed by atoms with Gasteiger partial charge in [0.25, 0.3) is 0 Å². The number of para-hydroxylation sites is 1. The van der Waals surface area contributed by atoms with Gasteiger partial charge in [0.1, 0.15) is 10.8 Å². The summed E-state index contributed by atoms with van der Waals surface area (Å²) < 4.78 is 5.38. The van der Waals surface area contributed by atoms with Gasteiger partial charge in [-0.05, 0) is 23.6 Å². The second-order valence-corrected chi connectivity index (χ2v) is 6.11. The van der Waals surface area contributed by atoms with Gasteiger partial charge in [-0.2, -0.15) is 0 Å². The first-order valence-corrected chi connectivity index (χ1v) is 7.93. The summed E-state index contributed by atoms with van der Waals surface area (Å²) in [7, 11) is 1.67. The van der Waals surface area contributed by atoms with Gasteiger partial charge in [-0.1, -0.05) is 18.2 Å². The van der Waals surface area contributed by atoms with Gasteiger partial charge < -0.3 is 10.5 Å². The van der Waals surface area contributed by atoms with Gasteiger partial charge in [-0.15, -0.1) is 22.7 Å². The van der Waals surface area contributed by atoms with Gasteiger partial charge in [0.05, 0.1) is 24.4 Å². The Balaban J connectivity index is 1.94. The number of thiophene rings is 1. The zero-order chi connectivity index (χ0) is 13.9. The van der Waals surface area contributed by atoms with Crippen molar-refractivity contribution >= 4 is 22.7 Å². The molecule has 0 fully saturated rings. The third kappa shape index (κ3) is 2.47. The third-order valence-corrected chi connectivity index (χ3v) is 4.88. The molecule has 0 bridgehead atoms. The van der Waals surface area contributed by atoms with Crippen molar-refractivity contribution in [3.8, 4) is 16.3 Å². The molecular formula is C15H14N2OS2. The molecule has 2 N–H and O–H groups in total. The van der Waals surface area contributed by atoms with Crippen LogP contribution in [0.15, 0.2) is 47.2 Å². The number of benzene rings is 1. The van der Waals surface area contributed by atoms with Crippen molar-refractivity contribution in [3.05, 3.63) is 57.7 Å². The Hall–Kier alpha value is -1.69. The molecule has 0 amide bonds. The largest absolute Gasteiger partial charge is 0.496 e. The normalized spacial score (nSPS) is 12.3. The number of nitrogens with two attached hydrogens (primary N) is 1. The molecule has 1 atom stereocenters. The Morgan fingerprint density at radius 3 is 2.75 bits per heavy atom. The predicted molar refractivity (Wildman–Crippen MR) is 84.5 cm³/mol. The van der Waals surface area contributed by atoms with Crippen LogP contribution in [0, 0.1) is 0 Å². The van der Waals surface area contributed by atoms with E-state index >= 15 is 0 Å². The van der Waals surface area contributed by atoms with Crippen molar-refractivity contribution in [1.82, 2.24) is 4.98 Å². The number of nitrogens with zero attached hydrogens (tertiary/aromatic N) is 1. The van der Waals surface area contributed by atoms with Gasteiger partial charge >= 0.3 is 0 Å². The molecule has 1 unspecified atom stereocenters. The summed E-state index contributed by atoms with van der Waals surface area (Å²) in [5.74, 6) is 0.832. The average Bonchev–Trinajstić information content (AvgIpc) is 3.18. The molecule has 0 saturated carbocycles. The summed E-state index contributed by atoms with van der Waals surface area (Å²) in [4.78, 5) is 5.79. The van der Waals surface area contributed by atoms with Crippen LogP contribution in [0.5, 0.6) is 5.75 Å². The van der Waals surface area contributed by atoms with Crippen molar-refractivity contribution in [2.75, 3.05) is 7.11 Å². The lowest BCUT2D eigenvalue weighted by Gasteiger charge is -2.06. The van der Waals surface area contributed by atoms with Gasteiger partial charge in [0, 0.05) is 10.3 Å². The minimum atomic E-state index is -0.158. The summed E-state index contributed by atoms with van der Waals surface area (Å²) in [6.45, 7) is 0. The lowest BCUT2D eigenvalue weighted by Crippen LogP contribution is -2.10. The van der Waals surface area contributed by atoms with Gasteiger partial charge in [0.2, 0.25) is 0 Å². The minimum Gasteiger partial charge on any atom is -0.496 e. The van der Waals surface area contributed by atoms with Gasteiger partial charge in [-0.25, -0.2) is 4.98 Å². The highest BCUT2D eigenvalue weighted by Gasteiger charge is 2.16. The van der Waals surface area contributed by atoms with Crippen molar-refractivity contribution in [2.45, 2.75) is 6.04 Å². The molecule has 2 heterocycles. The maximum Gasteiger partial charge on any atom is 0.129 e. The summed E-state index contributed by atoms with van der Waals surface area (Å²) in [5.41, 5.74) is 8.15. The number of hydrogen-bond donors (Lipinski definition) is 1. The summed E-state index contributed by atoms with van der Waals surface area (Å²) in [6, 6.07) is 11.8. The molecule has 102 valence electrons. The summed E-state index contributed by atoms with van der Waals surface area (Å²) in [6.07, 6.45) is 0. The Bertz CT molecular complexity index is 691. The van der Waals surface area contributed by atoms with Crippen LogP contribution in [0.3, 0.4) is 0 Å². The fraction of sp³-hybridized carbons (Fsp3) is 0.133. The Labute approximate surface area is 125 Å². The van der Waals surface area contributed by atoms with E-state index in [4.69, 9.17) is 10.5 Å². The molecule has 5 heteroatoms. The first-order chi connectivity index (χ1) is 9.79. The van der Waals surface area contributed by atoms with Crippen LogP contribution in [-0.2, 0) is 0 Å². The topological polar surface area (TPSA) is 48.1 Å². The zero-order valence-electron chi connectivity index (χ0n) is 10.9. The molecule has 20 heavy (non-hydrogen) atoms. The molecule has 1 aromatic carbocycles. The summed E-state index contributed by atoms with van der Waals surface area (Å²) in [5, 5.41) is 4.99. The SMILES string of the molecule is COc1ccccc1-c1nc(C(N)c2cccs2)cs1. The first-order valence-electron chi connectivity index (χ1n) is 6.17. The number of rotatable bonds is 4. The Kier molecular flexibility index (Phi) is 3.82. The Morgan fingerprint density at radius 1 is 1.15 bits per heavy atom. The van der Waals surface area contributed by atoms with E-state index < -0.39 is 0 Å². The molecule has 0 radical (unpaired) electrons. The standard InChI is InChI=1S/C15H14N2OS2/c1-18-12-6-3-2-5-10(12)15-17-11(9-20-15)14(16)13-7-4-8-19-13/h2-9,14H,16H2,1H3. The van der Waals surface area contributed by atoms with Crippen LogP contribution in [-0.4, -0.2) is 12.1 Å². The van der Waals surface area contributed by atoms with E-state index in [0.717, 1.165) is 26.9 Å². The van der Waals surface area contributed by atoms with Crippen molar-refractivity contribution in [3.63, 3.8) is 0 Å². The first kappa shape index (κ1) is 13.3. The molecule has 0 aliphatic heterocycles. The molecule has 0 aliphatic rings.